The van der Waals surface area contributed by atoms with Crippen molar-refractivity contribution in [3.63, 3.8) is 0 Å². The van der Waals surface area contributed by atoms with Crippen molar-refractivity contribution in [2.75, 3.05) is 20.8 Å². The van der Waals surface area contributed by atoms with Crippen LogP contribution in [0.4, 0.5) is 0 Å². The normalized spacial score (nSPS) is 11.4. The smallest absolute Gasteiger partial charge is 0.131 e. The maximum absolute atomic E-state index is 9.91. The molecule has 1 heterocycles. The van der Waals surface area contributed by atoms with Gasteiger partial charge in [-0.2, -0.15) is 0 Å². The van der Waals surface area contributed by atoms with E-state index in [0.717, 1.165) is 33.8 Å². The number of hydrogen-bond donors (Lipinski definition) is 1. The number of aliphatic hydroxyl groups is 1. The Morgan fingerprint density at radius 3 is 2.50 bits per heavy atom. The zero-order valence-corrected chi connectivity index (χ0v) is 21.6. The minimum absolute atomic E-state index is 0.00369. The maximum Gasteiger partial charge on any atom is 0.131 e. The third-order valence-electron chi connectivity index (χ3n) is 6.04. The highest BCUT2D eigenvalue weighted by atomic mass is 16.5. The van der Waals surface area contributed by atoms with E-state index >= 15 is 0 Å². The molecule has 4 nitrogen and oxygen atoms in total. The SMILES string of the molecule is C#CC/C=C\C/C(=C\Cn1c(-c2ccc(OC)cc2OC)cc2c3ccccc3ccc21)CO.CC. The molecular formula is C32H35NO3. The van der Waals surface area contributed by atoms with Crippen LogP contribution in [0.2, 0.25) is 0 Å². The summed E-state index contributed by atoms with van der Waals surface area (Å²) in [6.07, 6.45) is 12.6. The van der Waals surface area contributed by atoms with Crippen LogP contribution in [-0.4, -0.2) is 30.5 Å². The lowest BCUT2D eigenvalue weighted by Crippen LogP contribution is -2.01. The molecule has 0 aliphatic carbocycles. The average Bonchev–Trinajstić information content (AvgIpc) is 3.32. The third-order valence-corrected chi connectivity index (χ3v) is 6.04. The molecule has 0 fully saturated rings. The predicted octanol–water partition coefficient (Wildman–Crippen LogP) is 7.39. The number of aliphatic hydroxyl groups excluding tert-OH is 1. The van der Waals surface area contributed by atoms with Gasteiger partial charge >= 0.3 is 0 Å². The minimum Gasteiger partial charge on any atom is -0.497 e. The van der Waals surface area contributed by atoms with E-state index in [4.69, 9.17) is 15.9 Å². The Balaban J connectivity index is 0.00000176. The molecule has 0 aliphatic rings. The standard InChI is InChI=1S/C30H29NO3.C2H6/c1-4-5-6-7-10-22(21-32)17-18-31-28-16-13-23-11-8-9-12-25(23)27(28)20-29(31)26-15-14-24(33-2)19-30(26)34-3;1-2/h1,6-9,11-17,19-20,32H,5,10,18,21H2,2-3H3;1-2H3/b7-6-,22-17+;. The van der Waals surface area contributed by atoms with Crippen LogP contribution in [0.5, 0.6) is 11.5 Å². The Hall–Kier alpha value is -3.94. The van der Waals surface area contributed by atoms with Gasteiger partial charge in [-0.15, -0.1) is 12.3 Å². The van der Waals surface area contributed by atoms with Gasteiger partial charge in [0.05, 0.1) is 26.5 Å². The first-order valence-electron chi connectivity index (χ1n) is 12.3. The zero-order valence-electron chi connectivity index (χ0n) is 21.6. The summed E-state index contributed by atoms with van der Waals surface area (Å²) in [6.45, 7) is 4.62. The van der Waals surface area contributed by atoms with E-state index in [0.29, 0.717) is 19.4 Å². The van der Waals surface area contributed by atoms with Gasteiger partial charge in [-0.25, -0.2) is 0 Å². The Morgan fingerprint density at radius 1 is 0.972 bits per heavy atom. The second kappa shape index (κ2) is 13.2. The summed E-state index contributed by atoms with van der Waals surface area (Å²) in [4.78, 5) is 0. The van der Waals surface area contributed by atoms with Crippen molar-refractivity contribution in [2.45, 2.75) is 33.2 Å². The topological polar surface area (TPSA) is 43.6 Å². The summed E-state index contributed by atoms with van der Waals surface area (Å²) in [5.74, 6) is 4.09. The zero-order chi connectivity index (χ0) is 25.9. The highest BCUT2D eigenvalue weighted by molar-refractivity contribution is 6.08. The number of rotatable bonds is 9. The second-order valence-corrected chi connectivity index (χ2v) is 8.03. The first-order chi connectivity index (χ1) is 17.7. The first-order valence-corrected chi connectivity index (χ1v) is 12.3. The largest absolute Gasteiger partial charge is 0.497 e. The number of ether oxygens (including phenoxy) is 2. The van der Waals surface area contributed by atoms with Crippen LogP contribution in [0.15, 0.2) is 84.5 Å². The van der Waals surface area contributed by atoms with Crippen LogP contribution < -0.4 is 9.47 Å². The predicted molar refractivity (Wildman–Crippen MR) is 152 cm³/mol. The summed E-state index contributed by atoms with van der Waals surface area (Å²) in [6, 6.07) is 20.8. The lowest BCUT2D eigenvalue weighted by atomic mass is 10.1. The Bertz CT molecular complexity index is 1400. The molecule has 0 aliphatic heterocycles. The van der Waals surface area contributed by atoms with Crippen molar-refractivity contribution < 1.29 is 14.6 Å². The molecule has 0 saturated heterocycles. The van der Waals surface area contributed by atoms with Crippen LogP contribution in [0, 0.1) is 12.3 Å². The van der Waals surface area contributed by atoms with Gasteiger partial charge in [0, 0.05) is 35.5 Å². The molecule has 3 aromatic carbocycles. The van der Waals surface area contributed by atoms with Gasteiger partial charge in [-0.3, -0.25) is 0 Å². The average molecular weight is 482 g/mol. The molecule has 0 bridgehead atoms. The molecule has 4 aromatic rings. The Morgan fingerprint density at radius 2 is 1.78 bits per heavy atom. The van der Waals surface area contributed by atoms with Crippen molar-refractivity contribution in [3.05, 3.63) is 84.5 Å². The fourth-order valence-corrected chi connectivity index (χ4v) is 4.26. The highest BCUT2D eigenvalue weighted by Gasteiger charge is 2.16. The lowest BCUT2D eigenvalue weighted by Gasteiger charge is -2.14. The van der Waals surface area contributed by atoms with Gasteiger partial charge < -0.3 is 19.1 Å². The van der Waals surface area contributed by atoms with Crippen LogP contribution >= 0.6 is 0 Å². The number of fused-ring (bicyclic) bond motifs is 3. The van der Waals surface area contributed by atoms with Crippen molar-refractivity contribution in [1.29, 1.82) is 0 Å². The molecule has 0 saturated carbocycles. The van der Waals surface area contributed by atoms with E-state index in [9.17, 15) is 5.11 Å². The molecule has 1 aromatic heterocycles. The number of aromatic nitrogens is 1. The number of methoxy groups -OCH3 is 2. The fourth-order valence-electron chi connectivity index (χ4n) is 4.26. The number of terminal acetylenes is 1. The van der Waals surface area contributed by atoms with Gasteiger partial charge in [0.25, 0.3) is 0 Å². The van der Waals surface area contributed by atoms with E-state index in [2.05, 4.69) is 59.0 Å². The van der Waals surface area contributed by atoms with Crippen molar-refractivity contribution >= 4 is 21.7 Å². The van der Waals surface area contributed by atoms with E-state index in [1.807, 2.05) is 44.2 Å². The number of allylic oxidation sites excluding steroid dienone is 3. The molecule has 4 rings (SSSR count). The van der Waals surface area contributed by atoms with Gasteiger partial charge in [0.15, 0.2) is 0 Å². The molecule has 1 N–H and O–H groups in total. The summed E-state index contributed by atoms with van der Waals surface area (Å²) < 4.78 is 13.4. The van der Waals surface area contributed by atoms with Gasteiger partial charge in [0.1, 0.15) is 11.5 Å². The van der Waals surface area contributed by atoms with Gasteiger partial charge in [0.2, 0.25) is 0 Å². The van der Waals surface area contributed by atoms with E-state index in [1.54, 1.807) is 14.2 Å². The van der Waals surface area contributed by atoms with E-state index in [-0.39, 0.29) is 6.61 Å². The van der Waals surface area contributed by atoms with Crippen LogP contribution in [0.25, 0.3) is 32.9 Å². The molecule has 0 radical (unpaired) electrons. The van der Waals surface area contributed by atoms with Crippen LogP contribution in [0.1, 0.15) is 26.7 Å². The molecule has 4 heteroatoms. The van der Waals surface area contributed by atoms with Crippen molar-refractivity contribution in [2.24, 2.45) is 0 Å². The molecule has 36 heavy (non-hydrogen) atoms. The molecule has 0 atom stereocenters. The Labute approximate surface area is 214 Å². The first kappa shape index (κ1) is 26.7. The quantitative estimate of drug-likeness (QED) is 0.200. The maximum atomic E-state index is 9.91. The summed E-state index contributed by atoms with van der Waals surface area (Å²) in [5, 5.41) is 13.5. The van der Waals surface area contributed by atoms with Crippen molar-refractivity contribution in [1.82, 2.24) is 4.57 Å². The van der Waals surface area contributed by atoms with Gasteiger partial charge in [-0.1, -0.05) is 62.4 Å². The summed E-state index contributed by atoms with van der Waals surface area (Å²) in [5.41, 5.74) is 4.10. The van der Waals surface area contributed by atoms with Crippen LogP contribution in [0.3, 0.4) is 0 Å². The summed E-state index contributed by atoms with van der Waals surface area (Å²) >= 11 is 0. The Kier molecular flexibility index (Phi) is 9.80. The van der Waals surface area contributed by atoms with Crippen molar-refractivity contribution in [3.8, 4) is 35.1 Å². The van der Waals surface area contributed by atoms with Crippen LogP contribution in [-0.2, 0) is 6.54 Å². The third kappa shape index (κ3) is 5.82. The molecular weight excluding hydrogens is 446 g/mol. The highest BCUT2D eigenvalue weighted by Crippen LogP contribution is 2.38. The number of nitrogens with zero attached hydrogens (tertiary/aromatic N) is 1. The fraction of sp³-hybridized carbons (Fsp3) is 0.250. The number of hydrogen-bond acceptors (Lipinski definition) is 3. The molecule has 0 amide bonds. The monoisotopic (exact) mass is 481 g/mol. The summed E-state index contributed by atoms with van der Waals surface area (Å²) in [7, 11) is 3.32. The number of benzene rings is 3. The van der Waals surface area contributed by atoms with E-state index in [1.165, 1.54) is 16.2 Å². The second-order valence-electron chi connectivity index (χ2n) is 8.03. The van der Waals surface area contributed by atoms with E-state index < -0.39 is 0 Å². The molecule has 186 valence electrons. The molecule has 0 spiro atoms. The molecule has 0 unspecified atom stereocenters. The minimum atomic E-state index is 0.00369. The van der Waals surface area contributed by atoms with Gasteiger partial charge in [-0.05, 0) is 47.0 Å². The lowest BCUT2D eigenvalue weighted by molar-refractivity contribution is 0.328.